The zero-order valence-corrected chi connectivity index (χ0v) is 11.2. The van der Waals surface area contributed by atoms with Gasteiger partial charge in [0.25, 0.3) is 0 Å². The van der Waals surface area contributed by atoms with Crippen molar-refractivity contribution in [1.29, 1.82) is 0 Å². The van der Waals surface area contributed by atoms with E-state index in [1.54, 1.807) is 7.11 Å². The molecule has 0 radical (unpaired) electrons. The van der Waals surface area contributed by atoms with Crippen molar-refractivity contribution in [3.05, 3.63) is 29.8 Å². The van der Waals surface area contributed by atoms with Crippen molar-refractivity contribution in [2.45, 2.75) is 19.9 Å². The third-order valence-corrected chi connectivity index (χ3v) is 2.73. The zero-order valence-electron chi connectivity index (χ0n) is 11.2. The molecule has 1 N–H and O–H groups in total. The van der Waals surface area contributed by atoms with Crippen LogP contribution in [-0.2, 0) is 6.54 Å². The van der Waals surface area contributed by atoms with Crippen LogP contribution < -0.4 is 10.1 Å². The average Bonchev–Trinajstić information content (AvgIpc) is 2.35. The smallest absolute Gasteiger partial charge is 0.123 e. The summed E-state index contributed by atoms with van der Waals surface area (Å²) in [5, 5.41) is 3.41. The highest BCUT2D eigenvalue weighted by atomic mass is 16.5. The molecule has 0 bridgehead atoms. The number of nitrogens with zero attached hydrogens (tertiary/aromatic N) is 1. The first-order valence-corrected chi connectivity index (χ1v) is 6.29. The summed E-state index contributed by atoms with van der Waals surface area (Å²) in [7, 11) is 3.86. The molecule has 0 aliphatic carbocycles. The lowest BCUT2D eigenvalue weighted by Crippen LogP contribution is -2.29. The van der Waals surface area contributed by atoms with E-state index in [0.717, 1.165) is 31.9 Å². The van der Waals surface area contributed by atoms with E-state index in [4.69, 9.17) is 4.74 Å². The molecule has 0 atom stereocenters. The summed E-state index contributed by atoms with van der Waals surface area (Å²) in [5.74, 6) is 0.973. The second kappa shape index (κ2) is 8.09. The molecule has 0 aliphatic heterocycles. The maximum atomic E-state index is 5.35. The van der Waals surface area contributed by atoms with Crippen LogP contribution in [0.5, 0.6) is 5.75 Å². The summed E-state index contributed by atoms with van der Waals surface area (Å²) in [5.41, 5.74) is 1.24. The Balaban J connectivity index is 2.36. The molecule has 0 aromatic heterocycles. The van der Waals surface area contributed by atoms with E-state index in [1.165, 1.54) is 12.0 Å². The van der Waals surface area contributed by atoms with Crippen molar-refractivity contribution in [3.8, 4) is 5.75 Å². The van der Waals surface area contributed by atoms with E-state index in [9.17, 15) is 0 Å². The standard InChI is InChI=1S/C14H24N2O/c1-4-9-15-10-11-16(2)12-13-7-5-6-8-14(13)17-3/h5-8,15H,4,9-12H2,1-3H3. The first-order valence-electron chi connectivity index (χ1n) is 6.29. The monoisotopic (exact) mass is 236 g/mol. The van der Waals surface area contributed by atoms with Crippen molar-refractivity contribution in [3.63, 3.8) is 0 Å². The van der Waals surface area contributed by atoms with Crippen LogP contribution in [0.15, 0.2) is 24.3 Å². The Kier molecular flexibility index (Phi) is 6.67. The fourth-order valence-corrected chi connectivity index (χ4v) is 1.78. The van der Waals surface area contributed by atoms with Crippen molar-refractivity contribution in [2.24, 2.45) is 0 Å². The normalized spacial score (nSPS) is 10.8. The Hall–Kier alpha value is -1.06. The Bertz CT molecular complexity index is 315. The predicted octanol–water partition coefficient (Wildman–Crippen LogP) is 2.13. The topological polar surface area (TPSA) is 24.5 Å². The second-order valence-corrected chi connectivity index (χ2v) is 4.30. The molecule has 3 nitrogen and oxygen atoms in total. The van der Waals surface area contributed by atoms with Crippen molar-refractivity contribution in [2.75, 3.05) is 33.8 Å². The maximum absolute atomic E-state index is 5.35. The molecular weight excluding hydrogens is 212 g/mol. The average molecular weight is 236 g/mol. The van der Waals surface area contributed by atoms with E-state index < -0.39 is 0 Å². The predicted molar refractivity (Wildman–Crippen MR) is 72.5 cm³/mol. The van der Waals surface area contributed by atoms with E-state index >= 15 is 0 Å². The van der Waals surface area contributed by atoms with Gasteiger partial charge in [-0.2, -0.15) is 0 Å². The van der Waals surface area contributed by atoms with Crippen molar-refractivity contribution < 1.29 is 4.74 Å². The van der Waals surface area contributed by atoms with Crippen molar-refractivity contribution >= 4 is 0 Å². The highest BCUT2D eigenvalue weighted by Crippen LogP contribution is 2.18. The molecule has 0 saturated heterocycles. The molecule has 0 spiro atoms. The van der Waals surface area contributed by atoms with E-state index in [2.05, 4.69) is 36.3 Å². The molecular formula is C14H24N2O. The van der Waals surface area contributed by atoms with Crippen LogP contribution in [0.1, 0.15) is 18.9 Å². The van der Waals surface area contributed by atoms with Gasteiger partial charge in [-0.05, 0) is 26.1 Å². The lowest BCUT2D eigenvalue weighted by molar-refractivity contribution is 0.315. The number of hydrogen-bond acceptors (Lipinski definition) is 3. The van der Waals surface area contributed by atoms with E-state index in [0.29, 0.717) is 0 Å². The van der Waals surface area contributed by atoms with Crippen LogP contribution in [-0.4, -0.2) is 38.7 Å². The van der Waals surface area contributed by atoms with Crippen LogP contribution in [0, 0.1) is 0 Å². The Morgan fingerprint density at radius 2 is 2.00 bits per heavy atom. The van der Waals surface area contributed by atoms with Gasteiger partial charge in [-0.1, -0.05) is 25.1 Å². The minimum Gasteiger partial charge on any atom is -0.496 e. The van der Waals surface area contributed by atoms with Gasteiger partial charge in [-0.15, -0.1) is 0 Å². The molecule has 0 saturated carbocycles. The molecule has 0 amide bonds. The van der Waals surface area contributed by atoms with Crippen molar-refractivity contribution in [1.82, 2.24) is 10.2 Å². The third kappa shape index (κ3) is 5.20. The Morgan fingerprint density at radius 1 is 1.24 bits per heavy atom. The molecule has 1 aromatic carbocycles. The molecule has 3 heteroatoms. The molecule has 0 unspecified atom stereocenters. The Morgan fingerprint density at radius 3 is 2.71 bits per heavy atom. The van der Waals surface area contributed by atoms with Gasteiger partial charge in [0.15, 0.2) is 0 Å². The molecule has 1 aromatic rings. The number of rotatable bonds is 8. The number of hydrogen-bond donors (Lipinski definition) is 1. The van der Waals surface area contributed by atoms with Crippen LogP contribution in [0.3, 0.4) is 0 Å². The minimum absolute atomic E-state index is 0.928. The third-order valence-electron chi connectivity index (χ3n) is 2.73. The summed E-state index contributed by atoms with van der Waals surface area (Å²) in [6, 6.07) is 8.19. The van der Waals surface area contributed by atoms with E-state index in [1.807, 2.05) is 12.1 Å². The van der Waals surface area contributed by atoms with Gasteiger partial charge in [0, 0.05) is 25.2 Å². The molecule has 96 valence electrons. The first-order chi connectivity index (χ1) is 8.27. The molecule has 0 fully saturated rings. The van der Waals surface area contributed by atoms with Gasteiger partial charge in [0.1, 0.15) is 5.75 Å². The largest absolute Gasteiger partial charge is 0.496 e. The summed E-state index contributed by atoms with van der Waals surface area (Å²) < 4.78 is 5.35. The number of methoxy groups -OCH3 is 1. The van der Waals surface area contributed by atoms with Gasteiger partial charge in [-0.25, -0.2) is 0 Å². The first kappa shape index (κ1) is 14.0. The zero-order chi connectivity index (χ0) is 12.5. The van der Waals surface area contributed by atoms with Gasteiger partial charge in [0.2, 0.25) is 0 Å². The molecule has 1 rings (SSSR count). The maximum Gasteiger partial charge on any atom is 0.123 e. The Labute approximate surface area is 105 Å². The number of nitrogens with one attached hydrogen (secondary N) is 1. The van der Waals surface area contributed by atoms with E-state index in [-0.39, 0.29) is 0 Å². The number of benzene rings is 1. The van der Waals surface area contributed by atoms with Crippen LogP contribution >= 0.6 is 0 Å². The fourth-order valence-electron chi connectivity index (χ4n) is 1.78. The van der Waals surface area contributed by atoms with Crippen LogP contribution in [0.4, 0.5) is 0 Å². The highest BCUT2D eigenvalue weighted by molar-refractivity contribution is 5.32. The summed E-state index contributed by atoms with van der Waals surface area (Å²) in [6.45, 7) is 6.31. The summed E-state index contributed by atoms with van der Waals surface area (Å²) in [4.78, 5) is 2.31. The minimum atomic E-state index is 0.928. The van der Waals surface area contributed by atoms with Gasteiger partial charge >= 0.3 is 0 Å². The lowest BCUT2D eigenvalue weighted by Gasteiger charge is -2.18. The number of para-hydroxylation sites is 1. The lowest BCUT2D eigenvalue weighted by atomic mass is 10.2. The van der Waals surface area contributed by atoms with Gasteiger partial charge < -0.3 is 15.0 Å². The fraction of sp³-hybridized carbons (Fsp3) is 0.571. The second-order valence-electron chi connectivity index (χ2n) is 4.30. The number of ether oxygens (including phenoxy) is 1. The molecule has 0 aliphatic rings. The van der Waals surface area contributed by atoms with Crippen LogP contribution in [0.25, 0.3) is 0 Å². The SMILES string of the molecule is CCCNCCN(C)Cc1ccccc1OC. The number of likely N-dealkylation sites (N-methyl/N-ethyl adjacent to an activating group) is 1. The van der Waals surface area contributed by atoms with Crippen LogP contribution in [0.2, 0.25) is 0 Å². The molecule has 0 heterocycles. The summed E-state index contributed by atoms with van der Waals surface area (Å²) in [6.07, 6.45) is 1.19. The quantitative estimate of drug-likeness (QED) is 0.700. The highest BCUT2D eigenvalue weighted by Gasteiger charge is 2.04. The van der Waals surface area contributed by atoms with Gasteiger partial charge in [-0.3, -0.25) is 0 Å². The van der Waals surface area contributed by atoms with Gasteiger partial charge in [0.05, 0.1) is 7.11 Å². The molecule has 17 heavy (non-hydrogen) atoms. The summed E-state index contributed by atoms with van der Waals surface area (Å²) >= 11 is 0.